The Labute approximate surface area is 236 Å². The van der Waals surface area contributed by atoms with Gasteiger partial charge in [0, 0.05) is 23.2 Å². The number of amides is 1. The van der Waals surface area contributed by atoms with Gasteiger partial charge in [-0.1, -0.05) is 18.2 Å². The zero-order valence-corrected chi connectivity index (χ0v) is 22.3. The van der Waals surface area contributed by atoms with E-state index in [1.54, 1.807) is 12.1 Å². The summed E-state index contributed by atoms with van der Waals surface area (Å²) in [6, 6.07) is 15.4. The summed E-state index contributed by atoms with van der Waals surface area (Å²) < 4.78 is 84.7. The zero-order chi connectivity index (χ0) is 29.9. The maximum atomic E-state index is 13.6. The van der Waals surface area contributed by atoms with Gasteiger partial charge in [-0.25, -0.2) is 22.8 Å². The van der Waals surface area contributed by atoms with Gasteiger partial charge < -0.3 is 9.73 Å². The Kier molecular flexibility index (Phi) is 8.00. The number of fused-ring (bicyclic) bond motifs is 1. The summed E-state index contributed by atoms with van der Waals surface area (Å²) in [5.74, 6) is -1.13. The number of furan rings is 1. The second-order valence-corrected chi connectivity index (χ2v) is 11.0. The van der Waals surface area contributed by atoms with Gasteiger partial charge in [0.15, 0.2) is 5.37 Å². The largest absolute Gasteiger partial charge is 0.445 e. The molecule has 3 heterocycles. The molecule has 216 valence electrons. The molecule has 1 amide bonds. The second-order valence-electron chi connectivity index (χ2n) is 9.05. The van der Waals surface area contributed by atoms with Gasteiger partial charge in [0.1, 0.15) is 17.7 Å². The first-order valence-corrected chi connectivity index (χ1v) is 13.9. The fourth-order valence-electron chi connectivity index (χ4n) is 4.07. The average molecular weight is 600 g/mol. The highest BCUT2D eigenvalue weighted by Crippen LogP contribution is 2.32. The molecule has 1 unspecified atom stereocenters. The Morgan fingerprint density at radius 2 is 1.74 bits per heavy atom. The fraction of sp³-hybridized carbons (Fsp3) is 0.143. The highest BCUT2D eigenvalue weighted by Gasteiger charge is 2.34. The molecular weight excluding hydrogens is 578 g/mol. The minimum atomic E-state index is -4.46. The lowest BCUT2D eigenvalue weighted by Crippen LogP contribution is -2.38. The summed E-state index contributed by atoms with van der Waals surface area (Å²) in [5.41, 5.74) is 0.642. The predicted octanol–water partition coefficient (Wildman–Crippen LogP) is 4.82. The van der Waals surface area contributed by atoms with Crippen LogP contribution in [0, 0.1) is 5.82 Å². The van der Waals surface area contributed by atoms with Crippen LogP contribution in [0.4, 0.5) is 17.6 Å². The van der Waals surface area contributed by atoms with Crippen LogP contribution in [0.25, 0.3) is 22.2 Å². The van der Waals surface area contributed by atoms with Gasteiger partial charge in [-0.15, -0.1) is 0 Å². The predicted molar refractivity (Wildman–Crippen MR) is 143 cm³/mol. The number of nitrogens with zero attached hydrogens (tertiary/aromatic N) is 3. The molecule has 0 fully saturated rings. The van der Waals surface area contributed by atoms with E-state index in [0.717, 1.165) is 24.3 Å². The molecule has 9 nitrogen and oxygen atoms in total. The van der Waals surface area contributed by atoms with E-state index in [2.05, 4.69) is 25.6 Å². The monoisotopic (exact) mass is 599 g/mol. The van der Waals surface area contributed by atoms with Crippen LogP contribution in [0.1, 0.15) is 22.3 Å². The van der Waals surface area contributed by atoms with E-state index < -0.39 is 50.3 Å². The first-order chi connectivity index (χ1) is 20.0. The molecule has 0 bridgehead atoms. The van der Waals surface area contributed by atoms with Crippen LogP contribution in [0.2, 0.25) is 0 Å². The first-order valence-electron chi connectivity index (χ1n) is 12.3. The Morgan fingerprint density at radius 1 is 0.952 bits per heavy atom. The molecule has 0 radical (unpaired) electrons. The third kappa shape index (κ3) is 6.44. The number of pyridine rings is 1. The van der Waals surface area contributed by atoms with Crippen LogP contribution < -0.4 is 10.6 Å². The number of hydrogen-bond donors (Lipinski definition) is 2. The summed E-state index contributed by atoms with van der Waals surface area (Å²) >= 11 is 0. The minimum absolute atomic E-state index is 0.0627. The Hall–Kier alpha value is -4.69. The van der Waals surface area contributed by atoms with Crippen molar-refractivity contribution in [1.29, 1.82) is 0 Å². The molecule has 2 aromatic carbocycles. The van der Waals surface area contributed by atoms with Gasteiger partial charge in [0.05, 0.1) is 35.7 Å². The van der Waals surface area contributed by atoms with Crippen molar-refractivity contribution >= 4 is 26.7 Å². The van der Waals surface area contributed by atoms with Crippen molar-refractivity contribution in [2.24, 2.45) is 0 Å². The standard InChI is InChI=1S/C28H21F4N5O4S/c29-20-8-9-24-18(11-20)12-26(41-24)42(39,40)27(22-3-1-2-10-33-22)35-15-25(38)34-14-21-13-23(37-16-36-21)17-4-6-19(7-5-17)28(30,31)32/h1-13,16,27,35H,14-15H2,(H,34,38). The summed E-state index contributed by atoms with van der Waals surface area (Å²) in [4.78, 5) is 24.9. The molecule has 1 atom stereocenters. The maximum absolute atomic E-state index is 13.6. The normalized spacial score (nSPS) is 12.8. The number of rotatable bonds is 9. The number of carbonyl (C=O) groups excluding carboxylic acids is 1. The lowest BCUT2D eigenvalue weighted by molar-refractivity contribution is -0.137. The molecule has 5 aromatic rings. The van der Waals surface area contributed by atoms with Crippen LogP contribution in [0.3, 0.4) is 0 Å². The van der Waals surface area contributed by atoms with E-state index in [9.17, 15) is 30.8 Å². The van der Waals surface area contributed by atoms with Gasteiger partial charge in [-0.3, -0.25) is 15.1 Å². The topological polar surface area (TPSA) is 127 Å². The number of aromatic nitrogens is 3. The van der Waals surface area contributed by atoms with Gasteiger partial charge >= 0.3 is 6.18 Å². The molecule has 0 aliphatic heterocycles. The summed E-state index contributed by atoms with van der Waals surface area (Å²) in [7, 11) is -4.27. The third-order valence-corrected chi connectivity index (χ3v) is 7.94. The smallest absolute Gasteiger partial charge is 0.416 e. The van der Waals surface area contributed by atoms with E-state index in [1.807, 2.05) is 0 Å². The third-order valence-electron chi connectivity index (χ3n) is 6.15. The molecule has 0 aliphatic carbocycles. The van der Waals surface area contributed by atoms with Gasteiger partial charge in [0.2, 0.25) is 20.8 Å². The van der Waals surface area contributed by atoms with Gasteiger partial charge in [0.25, 0.3) is 0 Å². The van der Waals surface area contributed by atoms with E-state index >= 15 is 0 Å². The van der Waals surface area contributed by atoms with Gasteiger partial charge in [-0.2, -0.15) is 13.2 Å². The highest BCUT2D eigenvalue weighted by atomic mass is 32.2. The molecule has 0 saturated heterocycles. The number of sulfone groups is 1. The Balaban J connectivity index is 1.27. The summed E-state index contributed by atoms with van der Waals surface area (Å²) in [5, 5.41) is 3.67. The Bertz CT molecular complexity index is 1830. The maximum Gasteiger partial charge on any atom is 0.416 e. The highest BCUT2D eigenvalue weighted by molar-refractivity contribution is 7.91. The van der Waals surface area contributed by atoms with Crippen molar-refractivity contribution in [3.05, 3.63) is 108 Å². The summed E-state index contributed by atoms with van der Waals surface area (Å²) in [6.45, 7) is -0.501. The second kappa shape index (κ2) is 11.7. The van der Waals surface area contributed by atoms with Crippen molar-refractivity contribution in [2.75, 3.05) is 6.54 Å². The zero-order valence-electron chi connectivity index (χ0n) is 21.5. The van der Waals surface area contributed by atoms with Crippen LogP contribution in [0.15, 0.2) is 94.8 Å². The Morgan fingerprint density at radius 3 is 2.45 bits per heavy atom. The lowest BCUT2D eigenvalue weighted by Gasteiger charge is -2.17. The van der Waals surface area contributed by atoms with Crippen molar-refractivity contribution in [3.8, 4) is 11.3 Å². The van der Waals surface area contributed by atoms with Crippen LogP contribution in [-0.4, -0.2) is 35.8 Å². The van der Waals surface area contributed by atoms with E-state index in [1.165, 1.54) is 48.9 Å². The number of benzene rings is 2. The van der Waals surface area contributed by atoms with Gasteiger partial charge in [-0.05, 0) is 48.5 Å². The lowest BCUT2D eigenvalue weighted by atomic mass is 10.1. The fourth-order valence-corrected chi connectivity index (χ4v) is 5.56. The summed E-state index contributed by atoms with van der Waals surface area (Å²) in [6.07, 6.45) is -1.85. The molecule has 0 spiro atoms. The van der Waals surface area contributed by atoms with Crippen molar-refractivity contribution in [2.45, 2.75) is 23.2 Å². The van der Waals surface area contributed by atoms with Crippen LogP contribution in [0.5, 0.6) is 0 Å². The van der Waals surface area contributed by atoms with E-state index in [0.29, 0.717) is 17.0 Å². The average Bonchev–Trinajstić information content (AvgIpc) is 3.41. The number of carbonyl (C=O) groups is 1. The minimum Gasteiger partial charge on any atom is -0.445 e. The molecule has 0 aliphatic rings. The quantitative estimate of drug-likeness (QED) is 0.231. The van der Waals surface area contributed by atoms with Crippen LogP contribution >= 0.6 is 0 Å². The molecule has 14 heteroatoms. The first kappa shape index (κ1) is 28.8. The number of halogens is 4. The van der Waals surface area contributed by atoms with E-state index in [4.69, 9.17) is 4.42 Å². The number of alkyl halides is 3. The molecule has 0 saturated carbocycles. The number of nitrogens with one attached hydrogen (secondary N) is 2. The SMILES string of the molecule is O=C(CNC(c1ccccn1)S(=O)(=O)c1cc2cc(F)ccc2o1)NCc1cc(-c2ccc(C(F)(F)F)cc2)ncn1. The van der Waals surface area contributed by atoms with E-state index in [-0.39, 0.29) is 23.2 Å². The molecule has 3 aromatic heterocycles. The van der Waals surface area contributed by atoms with Crippen LogP contribution in [-0.2, 0) is 27.4 Å². The molecular formula is C28H21F4N5O4S. The number of hydrogen-bond acceptors (Lipinski definition) is 8. The van der Waals surface area contributed by atoms with Crippen molar-refractivity contribution < 1.29 is 35.2 Å². The van der Waals surface area contributed by atoms with Crippen molar-refractivity contribution in [1.82, 2.24) is 25.6 Å². The molecule has 42 heavy (non-hydrogen) atoms. The molecule has 5 rings (SSSR count). The van der Waals surface area contributed by atoms with Crippen molar-refractivity contribution in [3.63, 3.8) is 0 Å². The molecule has 2 N–H and O–H groups in total.